The fraction of sp³-hybridized carbons (Fsp3) is 0.0625. The van der Waals surface area contributed by atoms with E-state index in [1.165, 1.54) is 6.07 Å². The number of hydrogen-bond acceptors (Lipinski definition) is 3. The number of halogens is 1. The smallest absolute Gasteiger partial charge is 0.164 e. The highest BCUT2D eigenvalue weighted by molar-refractivity contribution is 5.79. The first-order chi connectivity index (χ1) is 10.8. The van der Waals surface area contributed by atoms with Crippen molar-refractivity contribution in [2.75, 3.05) is 0 Å². The second-order valence-electron chi connectivity index (χ2n) is 5.01. The summed E-state index contributed by atoms with van der Waals surface area (Å²) >= 11 is 0. The number of rotatable bonds is 3. The average Bonchev–Trinajstić information content (AvgIpc) is 3.17. The van der Waals surface area contributed by atoms with E-state index in [1.54, 1.807) is 24.8 Å². The Labute approximate surface area is 125 Å². The Balaban J connectivity index is 1.74. The summed E-state index contributed by atoms with van der Waals surface area (Å²) in [5.41, 5.74) is 3.32. The summed E-state index contributed by atoms with van der Waals surface area (Å²) in [5, 5.41) is 8.11. The summed E-state index contributed by atoms with van der Waals surface area (Å²) < 4.78 is 15.6. The van der Waals surface area contributed by atoms with Gasteiger partial charge in [-0.3, -0.25) is 0 Å². The maximum Gasteiger partial charge on any atom is 0.164 e. The number of fused-ring (bicyclic) bond motifs is 1. The molecular weight excluding hydrogens is 281 g/mol. The first-order valence-electron chi connectivity index (χ1n) is 6.86. The van der Waals surface area contributed by atoms with Crippen molar-refractivity contribution in [2.24, 2.45) is 0 Å². The van der Waals surface area contributed by atoms with E-state index in [-0.39, 0.29) is 5.82 Å². The molecule has 2 aromatic carbocycles. The van der Waals surface area contributed by atoms with Gasteiger partial charge in [-0.15, -0.1) is 10.2 Å². The highest BCUT2D eigenvalue weighted by Crippen LogP contribution is 2.22. The predicted octanol–water partition coefficient (Wildman–Crippen LogP) is 3.01. The van der Waals surface area contributed by atoms with Gasteiger partial charge in [-0.05, 0) is 24.3 Å². The summed E-state index contributed by atoms with van der Waals surface area (Å²) in [7, 11) is 0. The minimum Gasteiger partial charge on any atom is -0.345 e. The number of aromatic amines is 1. The van der Waals surface area contributed by atoms with Crippen LogP contribution in [0.25, 0.3) is 22.4 Å². The quantitative estimate of drug-likeness (QED) is 0.631. The molecule has 5 nitrogen and oxygen atoms in total. The molecule has 108 valence electrons. The molecule has 0 bridgehead atoms. The van der Waals surface area contributed by atoms with Crippen molar-refractivity contribution in [2.45, 2.75) is 6.54 Å². The van der Waals surface area contributed by atoms with Crippen LogP contribution >= 0.6 is 0 Å². The molecule has 6 heteroatoms. The van der Waals surface area contributed by atoms with Gasteiger partial charge in [0.2, 0.25) is 0 Å². The van der Waals surface area contributed by atoms with Crippen LogP contribution in [-0.2, 0) is 6.54 Å². The molecule has 0 unspecified atom stereocenters. The van der Waals surface area contributed by atoms with Gasteiger partial charge in [-0.1, -0.05) is 18.2 Å². The summed E-state index contributed by atoms with van der Waals surface area (Å²) in [6.45, 7) is 0.383. The van der Waals surface area contributed by atoms with E-state index >= 15 is 0 Å². The van der Waals surface area contributed by atoms with Gasteiger partial charge < -0.3 is 9.55 Å². The van der Waals surface area contributed by atoms with Crippen LogP contribution in [0.5, 0.6) is 0 Å². The van der Waals surface area contributed by atoms with Gasteiger partial charge in [0.1, 0.15) is 12.1 Å². The van der Waals surface area contributed by atoms with Crippen molar-refractivity contribution in [1.29, 1.82) is 0 Å². The van der Waals surface area contributed by atoms with Crippen molar-refractivity contribution in [1.82, 2.24) is 24.7 Å². The third kappa shape index (κ3) is 2.14. The monoisotopic (exact) mass is 293 g/mol. The maximum absolute atomic E-state index is 13.8. The molecule has 2 aromatic heterocycles. The molecule has 0 saturated heterocycles. The van der Waals surface area contributed by atoms with E-state index in [0.717, 1.165) is 16.6 Å². The van der Waals surface area contributed by atoms with Crippen molar-refractivity contribution < 1.29 is 4.39 Å². The Morgan fingerprint density at radius 2 is 2.05 bits per heavy atom. The van der Waals surface area contributed by atoms with Crippen LogP contribution in [0.15, 0.2) is 55.1 Å². The van der Waals surface area contributed by atoms with Crippen molar-refractivity contribution in [3.8, 4) is 11.4 Å². The molecule has 0 aliphatic rings. The minimum absolute atomic E-state index is 0.232. The second kappa shape index (κ2) is 5.07. The molecule has 4 rings (SSSR count). The number of H-pyrrole nitrogens is 1. The van der Waals surface area contributed by atoms with Crippen molar-refractivity contribution in [3.05, 3.63) is 66.5 Å². The van der Waals surface area contributed by atoms with E-state index in [0.29, 0.717) is 17.9 Å². The molecule has 2 heterocycles. The lowest BCUT2D eigenvalue weighted by Gasteiger charge is -2.07. The Kier molecular flexibility index (Phi) is 2.93. The number of hydrogen-bond donors (Lipinski definition) is 1. The standard InChI is InChI=1S/C16H12FN5/c17-13-4-2-1-3-12(13)8-22-10-20-21-16(22)11-5-6-14-15(7-11)19-9-18-14/h1-7,9-10H,8H2,(H,18,19). The number of aromatic nitrogens is 5. The lowest BCUT2D eigenvalue weighted by molar-refractivity contribution is 0.600. The van der Waals surface area contributed by atoms with Gasteiger partial charge in [0, 0.05) is 11.1 Å². The fourth-order valence-corrected chi connectivity index (χ4v) is 2.48. The summed E-state index contributed by atoms with van der Waals surface area (Å²) in [6.07, 6.45) is 3.26. The van der Waals surface area contributed by atoms with Crippen LogP contribution in [0.3, 0.4) is 0 Å². The minimum atomic E-state index is -0.232. The lowest BCUT2D eigenvalue weighted by atomic mass is 10.1. The van der Waals surface area contributed by atoms with Crippen LogP contribution in [0.1, 0.15) is 5.56 Å². The number of benzene rings is 2. The van der Waals surface area contributed by atoms with E-state index < -0.39 is 0 Å². The predicted molar refractivity (Wildman–Crippen MR) is 80.6 cm³/mol. The van der Waals surface area contributed by atoms with E-state index in [4.69, 9.17) is 0 Å². The maximum atomic E-state index is 13.8. The number of imidazole rings is 1. The molecule has 0 aliphatic heterocycles. The van der Waals surface area contributed by atoms with Gasteiger partial charge in [-0.25, -0.2) is 9.37 Å². The van der Waals surface area contributed by atoms with E-state index in [1.807, 2.05) is 28.8 Å². The van der Waals surface area contributed by atoms with Crippen molar-refractivity contribution in [3.63, 3.8) is 0 Å². The van der Waals surface area contributed by atoms with E-state index in [2.05, 4.69) is 20.2 Å². The first-order valence-corrected chi connectivity index (χ1v) is 6.86. The molecule has 0 fully saturated rings. The number of nitrogens with one attached hydrogen (secondary N) is 1. The molecule has 1 N–H and O–H groups in total. The molecule has 0 atom stereocenters. The van der Waals surface area contributed by atoms with Gasteiger partial charge in [0.25, 0.3) is 0 Å². The zero-order valence-corrected chi connectivity index (χ0v) is 11.6. The Bertz CT molecular complexity index is 940. The Morgan fingerprint density at radius 3 is 2.95 bits per heavy atom. The molecule has 0 aliphatic carbocycles. The van der Waals surface area contributed by atoms with E-state index in [9.17, 15) is 4.39 Å². The molecule has 0 saturated carbocycles. The average molecular weight is 293 g/mol. The topological polar surface area (TPSA) is 59.4 Å². The van der Waals surface area contributed by atoms with Gasteiger partial charge in [-0.2, -0.15) is 0 Å². The lowest BCUT2D eigenvalue weighted by Crippen LogP contribution is -2.03. The molecule has 0 spiro atoms. The third-order valence-corrected chi connectivity index (χ3v) is 3.59. The van der Waals surface area contributed by atoms with Crippen molar-refractivity contribution >= 4 is 11.0 Å². The van der Waals surface area contributed by atoms with Crippen LogP contribution in [-0.4, -0.2) is 24.7 Å². The summed E-state index contributed by atoms with van der Waals surface area (Å²) in [6, 6.07) is 12.5. The Hall–Kier alpha value is -3.02. The summed E-state index contributed by atoms with van der Waals surface area (Å²) in [5.74, 6) is 0.457. The SMILES string of the molecule is Fc1ccccc1Cn1cnnc1-c1ccc2[nH]cnc2c1. The van der Waals surface area contributed by atoms with Crippen LogP contribution in [0.4, 0.5) is 4.39 Å². The normalized spacial score (nSPS) is 11.1. The van der Waals surface area contributed by atoms with Crippen LogP contribution in [0, 0.1) is 5.82 Å². The van der Waals surface area contributed by atoms with Crippen LogP contribution in [0.2, 0.25) is 0 Å². The number of nitrogens with zero attached hydrogens (tertiary/aromatic N) is 4. The van der Waals surface area contributed by atoms with Gasteiger partial charge >= 0.3 is 0 Å². The highest BCUT2D eigenvalue weighted by Gasteiger charge is 2.10. The fourth-order valence-electron chi connectivity index (χ4n) is 2.48. The zero-order chi connectivity index (χ0) is 14.9. The zero-order valence-electron chi connectivity index (χ0n) is 11.6. The molecule has 4 aromatic rings. The second-order valence-corrected chi connectivity index (χ2v) is 5.01. The molecule has 22 heavy (non-hydrogen) atoms. The van der Waals surface area contributed by atoms with Gasteiger partial charge in [0.05, 0.1) is 23.9 Å². The molecule has 0 amide bonds. The Morgan fingerprint density at radius 1 is 1.14 bits per heavy atom. The molecular formula is C16H12FN5. The first kappa shape index (κ1) is 12.7. The largest absolute Gasteiger partial charge is 0.345 e. The highest BCUT2D eigenvalue weighted by atomic mass is 19.1. The van der Waals surface area contributed by atoms with Gasteiger partial charge in [0.15, 0.2) is 5.82 Å². The molecule has 0 radical (unpaired) electrons. The summed E-state index contributed by atoms with van der Waals surface area (Å²) in [4.78, 5) is 7.29. The third-order valence-electron chi connectivity index (χ3n) is 3.59. The van der Waals surface area contributed by atoms with Crippen LogP contribution < -0.4 is 0 Å².